The number of piperazine rings is 1. The van der Waals surface area contributed by atoms with Gasteiger partial charge in [-0.15, -0.1) is 0 Å². The largest absolute Gasteiger partial charge is 0.494 e. The maximum Gasteiger partial charge on any atom is 0.410 e. The number of aryl methyl sites for hydroxylation is 1. The summed E-state index contributed by atoms with van der Waals surface area (Å²) in [5.41, 5.74) is 3.13. The summed E-state index contributed by atoms with van der Waals surface area (Å²) >= 11 is 12.9. The highest BCUT2D eigenvalue weighted by Crippen LogP contribution is 2.37. The van der Waals surface area contributed by atoms with Crippen molar-refractivity contribution in [1.82, 2.24) is 20.1 Å². The molecule has 0 aliphatic carbocycles. The first-order chi connectivity index (χ1) is 20.4. The summed E-state index contributed by atoms with van der Waals surface area (Å²) < 4.78 is 11.3. The Kier molecular flexibility index (Phi) is 8.71. The van der Waals surface area contributed by atoms with E-state index in [0.717, 1.165) is 16.8 Å². The minimum absolute atomic E-state index is 0.301. The molecular formula is C31H34Cl2N6O4. The molecule has 0 atom stereocenters. The van der Waals surface area contributed by atoms with E-state index in [1.165, 1.54) is 0 Å². The molecule has 12 heteroatoms. The number of benzene rings is 2. The van der Waals surface area contributed by atoms with Crippen molar-refractivity contribution in [2.45, 2.75) is 39.7 Å². The molecule has 0 radical (unpaired) electrons. The second-order valence-corrected chi connectivity index (χ2v) is 12.2. The maximum atomic E-state index is 12.9. The fraction of sp³-hybridized carbons (Fsp3) is 0.355. The molecule has 1 saturated heterocycles. The van der Waals surface area contributed by atoms with Crippen molar-refractivity contribution in [2.24, 2.45) is 0 Å². The summed E-state index contributed by atoms with van der Waals surface area (Å²) in [5, 5.41) is 11.9. The summed E-state index contributed by atoms with van der Waals surface area (Å²) in [5.74, 6) is 0.936. The van der Waals surface area contributed by atoms with Crippen molar-refractivity contribution in [3.8, 4) is 5.75 Å². The third-order valence-electron chi connectivity index (χ3n) is 7.16. The van der Waals surface area contributed by atoms with Gasteiger partial charge in [-0.3, -0.25) is 4.79 Å². The van der Waals surface area contributed by atoms with Gasteiger partial charge in [0, 0.05) is 65.5 Å². The zero-order valence-corrected chi connectivity index (χ0v) is 26.3. The molecule has 1 aliphatic heterocycles. The lowest BCUT2D eigenvalue weighted by molar-refractivity contribution is 0.0240. The van der Waals surface area contributed by atoms with Gasteiger partial charge >= 0.3 is 6.09 Å². The topological polar surface area (TPSA) is 113 Å². The van der Waals surface area contributed by atoms with Crippen LogP contribution in [0, 0.1) is 6.92 Å². The molecular weight excluding hydrogens is 591 g/mol. The van der Waals surface area contributed by atoms with Gasteiger partial charge in [-0.25, -0.2) is 14.9 Å². The van der Waals surface area contributed by atoms with E-state index in [0.29, 0.717) is 76.4 Å². The zero-order chi connectivity index (χ0) is 30.9. The Morgan fingerprint density at radius 3 is 2.44 bits per heavy atom. The lowest BCUT2D eigenvalue weighted by Crippen LogP contribution is -2.50. The molecule has 1 fully saturated rings. The van der Waals surface area contributed by atoms with Crippen LogP contribution in [0.15, 0.2) is 47.4 Å². The standard InChI is InChI=1S/C31H34Cl2N6O4/c1-18-13-24(26(42-5)16-25(18)38-9-11-39(12-10-38)30(41)43-31(2,3)4)36-28-27-19(17-34-37-29(27)40)14-20(35-28)15-21-22(32)7-6-8-23(21)33/h6-8,13-14,16-17H,9-12,15H2,1-5H3,(H,35,36)(H,37,40). The van der Waals surface area contributed by atoms with Crippen molar-refractivity contribution in [1.29, 1.82) is 0 Å². The number of rotatable bonds is 6. The predicted molar refractivity (Wildman–Crippen MR) is 170 cm³/mol. The van der Waals surface area contributed by atoms with Crippen LogP contribution in [-0.4, -0.2) is 65.1 Å². The number of hydrogen-bond donors (Lipinski definition) is 2. The Morgan fingerprint density at radius 2 is 1.79 bits per heavy atom. The van der Waals surface area contributed by atoms with E-state index in [1.54, 1.807) is 36.4 Å². The first kappa shape index (κ1) is 30.4. The number of halogens is 2. The highest BCUT2D eigenvalue weighted by atomic mass is 35.5. The molecule has 0 unspecified atom stereocenters. The minimum Gasteiger partial charge on any atom is -0.494 e. The average Bonchev–Trinajstić information content (AvgIpc) is 2.94. The fourth-order valence-corrected chi connectivity index (χ4v) is 5.64. The Balaban J connectivity index is 1.44. The van der Waals surface area contributed by atoms with E-state index >= 15 is 0 Å². The number of ether oxygens (including phenoxy) is 2. The number of carbonyl (C=O) groups excluding carboxylic acids is 1. The number of nitrogens with one attached hydrogen (secondary N) is 2. The Labute approximate surface area is 259 Å². The van der Waals surface area contributed by atoms with E-state index in [9.17, 15) is 9.59 Å². The molecule has 226 valence electrons. The normalized spacial score (nSPS) is 13.7. The van der Waals surface area contributed by atoms with Gasteiger partial charge in [0.15, 0.2) is 0 Å². The maximum absolute atomic E-state index is 12.9. The summed E-state index contributed by atoms with van der Waals surface area (Å²) in [6.07, 6.45) is 1.65. The van der Waals surface area contributed by atoms with Crippen LogP contribution in [0.2, 0.25) is 10.0 Å². The number of fused-ring (bicyclic) bond motifs is 1. The molecule has 2 aromatic carbocycles. The Hall–Kier alpha value is -4.02. The van der Waals surface area contributed by atoms with Crippen molar-refractivity contribution >= 4 is 57.3 Å². The molecule has 43 heavy (non-hydrogen) atoms. The monoisotopic (exact) mass is 624 g/mol. The van der Waals surface area contributed by atoms with Crippen LogP contribution in [-0.2, 0) is 11.2 Å². The molecule has 3 heterocycles. The third kappa shape index (κ3) is 6.81. The lowest BCUT2D eigenvalue weighted by atomic mass is 10.1. The molecule has 10 nitrogen and oxygen atoms in total. The summed E-state index contributed by atoms with van der Waals surface area (Å²) in [6.45, 7) is 10.00. The number of H-pyrrole nitrogens is 1. The summed E-state index contributed by atoms with van der Waals surface area (Å²) in [6, 6.07) is 11.1. The van der Waals surface area contributed by atoms with Crippen LogP contribution in [0.25, 0.3) is 10.8 Å². The number of aromatic nitrogens is 3. The molecule has 2 aromatic heterocycles. The van der Waals surface area contributed by atoms with Crippen molar-refractivity contribution < 1.29 is 14.3 Å². The van der Waals surface area contributed by atoms with Gasteiger partial charge in [-0.1, -0.05) is 29.3 Å². The molecule has 2 N–H and O–H groups in total. The molecule has 5 rings (SSSR count). The van der Waals surface area contributed by atoms with E-state index in [4.69, 9.17) is 37.7 Å². The van der Waals surface area contributed by atoms with Crippen molar-refractivity contribution in [2.75, 3.05) is 43.5 Å². The summed E-state index contributed by atoms with van der Waals surface area (Å²) in [4.78, 5) is 34.2. The highest BCUT2D eigenvalue weighted by molar-refractivity contribution is 6.36. The van der Waals surface area contributed by atoms with Crippen LogP contribution in [0.3, 0.4) is 0 Å². The van der Waals surface area contributed by atoms with Gasteiger partial charge in [0.2, 0.25) is 0 Å². The fourth-order valence-electron chi connectivity index (χ4n) is 5.11. The number of anilines is 3. The predicted octanol–water partition coefficient (Wildman–Crippen LogP) is 6.33. The first-order valence-electron chi connectivity index (χ1n) is 13.9. The number of aromatic amines is 1. The van der Waals surface area contributed by atoms with Gasteiger partial charge in [0.1, 0.15) is 17.2 Å². The van der Waals surface area contributed by atoms with Crippen molar-refractivity contribution in [3.05, 3.63) is 79.8 Å². The van der Waals surface area contributed by atoms with Gasteiger partial charge < -0.3 is 24.6 Å². The molecule has 1 aliphatic rings. The second kappa shape index (κ2) is 12.3. The molecule has 0 spiro atoms. The molecule has 1 amide bonds. The number of nitrogens with zero attached hydrogens (tertiary/aromatic N) is 4. The summed E-state index contributed by atoms with van der Waals surface area (Å²) in [7, 11) is 1.60. The van der Waals surface area contributed by atoms with E-state index in [2.05, 4.69) is 20.4 Å². The van der Waals surface area contributed by atoms with Crippen LogP contribution >= 0.6 is 23.2 Å². The van der Waals surface area contributed by atoms with Crippen LogP contribution in [0.1, 0.15) is 37.6 Å². The van der Waals surface area contributed by atoms with Crippen LogP contribution in [0.5, 0.6) is 5.75 Å². The van der Waals surface area contributed by atoms with Gasteiger partial charge in [0.25, 0.3) is 5.56 Å². The third-order valence-corrected chi connectivity index (χ3v) is 7.87. The van der Waals surface area contributed by atoms with Gasteiger partial charge in [-0.2, -0.15) is 5.10 Å². The Morgan fingerprint density at radius 1 is 1.09 bits per heavy atom. The number of methoxy groups -OCH3 is 1. The Bertz CT molecular complexity index is 1710. The molecule has 4 aromatic rings. The highest BCUT2D eigenvalue weighted by Gasteiger charge is 2.27. The number of amides is 1. The van der Waals surface area contributed by atoms with Crippen LogP contribution in [0.4, 0.5) is 22.0 Å². The van der Waals surface area contributed by atoms with E-state index in [1.807, 2.05) is 45.9 Å². The number of pyridine rings is 1. The zero-order valence-electron chi connectivity index (χ0n) is 24.8. The van der Waals surface area contributed by atoms with Crippen LogP contribution < -0.4 is 20.5 Å². The smallest absolute Gasteiger partial charge is 0.410 e. The van der Waals surface area contributed by atoms with Gasteiger partial charge in [0.05, 0.1) is 24.4 Å². The molecule has 0 bridgehead atoms. The van der Waals surface area contributed by atoms with E-state index < -0.39 is 5.60 Å². The number of hydrogen-bond acceptors (Lipinski definition) is 8. The first-order valence-corrected chi connectivity index (χ1v) is 14.7. The molecule has 0 saturated carbocycles. The average molecular weight is 626 g/mol. The van der Waals surface area contributed by atoms with E-state index in [-0.39, 0.29) is 11.7 Å². The minimum atomic E-state index is -0.538. The van der Waals surface area contributed by atoms with Crippen molar-refractivity contribution in [3.63, 3.8) is 0 Å². The van der Waals surface area contributed by atoms with Gasteiger partial charge in [-0.05, 0) is 63.1 Å². The lowest BCUT2D eigenvalue weighted by Gasteiger charge is -2.37. The number of carbonyl (C=O) groups is 1. The second-order valence-electron chi connectivity index (χ2n) is 11.4. The SMILES string of the molecule is COc1cc(N2CCN(C(=O)OC(C)(C)C)CC2)c(C)cc1Nc1nc(Cc2c(Cl)cccc2Cl)cc2cn[nH]c(=O)c12. The quantitative estimate of drug-likeness (QED) is 0.256.